The molecular formula is C14H11Br2FO. The standard InChI is InChI=1S/C14H11Br2FO/c1-9-2-4-12(16)7-14(9)18-8-10-3-5-11(15)6-13(10)17/h2-7H,8H2,1H3. The van der Waals surface area contributed by atoms with E-state index in [4.69, 9.17) is 4.74 Å². The van der Waals surface area contributed by atoms with Crippen molar-refractivity contribution in [2.24, 2.45) is 0 Å². The minimum Gasteiger partial charge on any atom is -0.488 e. The monoisotopic (exact) mass is 372 g/mol. The number of halogens is 3. The molecule has 0 aliphatic carbocycles. The van der Waals surface area contributed by atoms with Crippen LogP contribution in [0.2, 0.25) is 0 Å². The van der Waals surface area contributed by atoms with Crippen LogP contribution in [0.3, 0.4) is 0 Å². The molecule has 0 bridgehead atoms. The smallest absolute Gasteiger partial charge is 0.130 e. The highest BCUT2D eigenvalue weighted by Crippen LogP contribution is 2.24. The largest absolute Gasteiger partial charge is 0.488 e. The van der Waals surface area contributed by atoms with Crippen molar-refractivity contribution in [2.75, 3.05) is 0 Å². The molecule has 0 spiro atoms. The second kappa shape index (κ2) is 5.85. The Morgan fingerprint density at radius 1 is 1.06 bits per heavy atom. The van der Waals surface area contributed by atoms with Crippen LogP contribution in [0.25, 0.3) is 0 Å². The van der Waals surface area contributed by atoms with Gasteiger partial charge in [-0.1, -0.05) is 44.0 Å². The quantitative estimate of drug-likeness (QED) is 0.714. The van der Waals surface area contributed by atoms with Gasteiger partial charge in [0.05, 0.1) is 0 Å². The molecule has 0 fully saturated rings. The molecule has 2 rings (SSSR count). The fourth-order valence-corrected chi connectivity index (χ4v) is 2.20. The molecule has 0 aromatic heterocycles. The zero-order valence-electron chi connectivity index (χ0n) is 9.71. The number of rotatable bonds is 3. The molecule has 18 heavy (non-hydrogen) atoms. The third-order valence-corrected chi connectivity index (χ3v) is 3.53. The predicted octanol–water partition coefficient (Wildman–Crippen LogP) is 5.24. The average molecular weight is 374 g/mol. The summed E-state index contributed by atoms with van der Waals surface area (Å²) in [6.45, 7) is 2.18. The van der Waals surface area contributed by atoms with Gasteiger partial charge in [-0.2, -0.15) is 0 Å². The molecular weight excluding hydrogens is 363 g/mol. The molecule has 0 unspecified atom stereocenters. The third kappa shape index (κ3) is 3.33. The van der Waals surface area contributed by atoms with Gasteiger partial charge in [0.1, 0.15) is 18.2 Å². The van der Waals surface area contributed by atoms with E-state index >= 15 is 0 Å². The van der Waals surface area contributed by atoms with Gasteiger partial charge in [-0.25, -0.2) is 4.39 Å². The van der Waals surface area contributed by atoms with E-state index in [1.807, 2.05) is 25.1 Å². The highest BCUT2D eigenvalue weighted by molar-refractivity contribution is 9.10. The molecule has 0 amide bonds. The number of hydrogen-bond donors (Lipinski definition) is 0. The normalized spacial score (nSPS) is 10.4. The van der Waals surface area contributed by atoms with Crippen molar-refractivity contribution < 1.29 is 9.13 Å². The van der Waals surface area contributed by atoms with Crippen molar-refractivity contribution in [3.05, 3.63) is 62.3 Å². The summed E-state index contributed by atoms with van der Waals surface area (Å²) in [4.78, 5) is 0. The van der Waals surface area contributed by atoms with E-state index in [0.717, 1.165) is 20.3 Å². The summed E-state index contributed by atoms with van der Waals surface area (Å²) >= 11 is 6.61. The first-order valence-electron chi connectivity index (χ1n) is 5.39. The van der Waals surface area contributed by atoms with Crippen LogP contribution in [-0.2, 0) is 6.61 Å². The Morgan fingerprint density at radius 3 is 2.44 bits per heavy atom. The molecule has 94 valence electrons. The summed E-state index contributed by atoms with van der Waals surface area (Å²) in [6, 6.07) is 10.7. The van der Waals surface area contributed by atoms with Crippen LogP contribution in [0.15, 0.2) is 45.3 Å². The molecule has 0 radical (unpaired) electrons. The van der Waals surface area contributed by atoms with Crippen LogP contribution >= 0.6 is 31.9 Å². The second-order valence-electron chi connectivity index (χ2n) is 3.93. The van der Waals surface area contributed by atoms with E-state index in [0.29, 0.717) is 5.56 Å². The zero-order chi connectivity index (χ0) is 13.1. The van der Waals surface area contributed by atoms with Crippen molar-refractivity contribution in [3.8, 4) is 5.75 Å². The Balaban J connectivity index is 2.13. The number of ether oxygens (including phenoxy) is 1. The first kappa shape index (κ1) is 13.6. The number of benzene rings is 2. The van der Waals surface area contributed by atoms with Crippen molar-refractivity contribution in [1.29, 1.82) is 0 Å². The average Bonchev–Trinajstić information content (AvgIpc) is 2.32. The zero-order valence-corrected chi connectivity index (χ0v) is 12.9. The first-order chi connectivity index (χ1) is 8.56. The van der Waals surface area contributed by atoms with Crippen LogP contribution in [0.5, 0.6) is 5.75 Å². The third-order valence-electron chi connectivity index (χ3n) is 2.55. The lowest BCUT2D eigenvalue weighted by Crippen LogP contribution is -1.99. The predicted molar refractivity (Wildman–Crippen MR) is 77.3 cm³/mol. The van der Waals surface area contributed by atoms with Crippen LogP contribution in [0, 0.1) is 12.7 Å². The fourth-order valence-electron chi connectivity index (χ4n) is 1.52. The Kier molecular flexibility index (Phi) is 4.40. The van der Waals surface area contributed by atoms with Crippen LogP contribution < -0.4 is 4.74 Å². The molecule has 0 atom stereocenters. The highest BCUT2D eigenvalue weighted by atomic mass is 79.9. The summed E-state index contributed by atoms with van der Waals surface area (Å²) < 4.78 is 20.9. The van der Waals surface area contributed by atoms with Gasteiger partial charge in [-0.15, -0.1) is 0 Å². The van der Waals surface area contributed by atoms with Gasteiger partial charge >= 0.3 is 0 Å². The van der Waals surface area contributed by atoms with Crippen molar-refractivity contribution in [2.45, 2.75) is 13.5 Å². The minimum absolute atomic E-state index is 0.219. The Labute approximate surface area is 122 Å². The van der Waals surface area contributed by atoms with E-state index in [1.165, 1.54) is 6.07 Å². The van der Waals surface area contributed by atoms with E-state index < -0.39 is 0 Å². The minimum atomic E-state index is -0.267. The second-order valence-corrected chi connectivity index (χ2v) is 5.77. The van der Waals surface area contributed by atoms with E-state index in [2.05, 4.69) is 31.9 Å². The molecule has 0 aliphatic rings. The SMILES string of the molecule is Cc1ccc(Br)cc1OCc1ccc(Br)cc1F. The maximum atomic E-state index is 13.6. The summed E-state index contributed by atoms with van der Waals surface area (Å²) in [5.41, 5.74) is 1.56. The van der Waals surface area contributed by atoms with Crippen LogP contribution in [0.1, 0.15) is 11.1 Å². The molecule has 0 heterocycles. The number of aryl methyl sites for hydroxylation is 1. The van der Waals surface area contributed by atoms with E-state index in [-0.39, 0.29) is 12.4 Å². The molecule has 1 nitrogen and oxygen atoms in total. The van der Waals surface area contributed by atoms with Crippen LogP contribution in [-0.4, -0.2) is 0 Å². The lowest BCUT2D eigenvalue weighted by atomic mass is 10.2. The van der Waals surface area contributed by atoms with E-state index in [1.54, 1.807) is 12.1 Å². The van der Waals surface area contributed by atoms with Crippen molar-refractivity contribution in [1.82, 2.24) is 0 Å². The molecule has 0 saturated heterocycles. The summed E-state index contributed by atoms with van der Waals surface area (Å²) in [5.74, 6) is 0.490. The Hall–Kier alpha value is -0.870. The van der Waals surface area contributed by atoms with Gasteiger partial charge in [0.2, 0.25) is 0 Å². The number of hydrogen-bond acceptors (Lipinski definition) is 1. The van der Waals surface area contributed by atoms with Gasteiger partial charge in [0.15, 0.2) is 0 Å². The fraction of sp³-hybridized carbons (Fsp3) is 0.143. The van der Waals surface area contributed by atoms with Gasteiger partial charge in [0, 0.05) is 14.5 Å². The first-order valence-corrected chi connectivity index (χ1v) is 6.98. The summed E-state index contributed by atoms with van der Waals surface area (Å²) in [7, 11) is 0. The molecule has 2 aromatic carbocycles. The highest BCUT2D eigenvalue weighted by Gasteiger charge is 2.05. The summed E-state index contributed by atoms with van der Waals surface area (Å²) in [5, 5.41) is 0. The van der Waals surface area contributed by atoms with Gasteiger partial charge in [-0.3, -0.25) is 0 Å². The van der Waals surface area contributed by atoms with Gasteiger partial charge < -0.3 is 4.74 Å². The molecule has 0 N–H and O–H groups in total. The lowest BCUT2D eigenvalue weighted by molar-refractivity contribution is 0.297. The maximum absolute atomic E-state index is 13.6. The summed E-state index contributed by atoms with van der Waals surface area (Å²) in [6.07, 6.45) is 0. The van der Waals surface area contributed by atoms with Crippen molar-refractivity contribution >= 4 is 31.9 Å². The Morgan fingerprint density at radius 2 is 1.72 bits per heavy atom. The van der Waals surface area contributed by atoms with Crippen molar-refractivity contribution in [3.63, 3.8) is 0 Å². The molecule has 0 aliphatic heterocycles. The topological polar surface area (TPSA) is 9.23 Å². The van der Waals surface area contributed by atoms with E-state index in [9.17, 15) is 4.39 Å². The maximum Gasteiger partial charge on any atom is 0.130 e. The molecule has 4 heteroatoms. The van der Waals surface area contributed by atoms with Gasteiger partial charge in [-0.05, 0) is 36.8 Å². The molecule has 2 aromatic rings. The Bertz CT molecular complexity index is 570. The lowest BCUT2D eigenvalue weighted by Gasteiger charge is -2.10. The molecule has 0 saturated carbocycles. The van der Waals surface area contributed by atoms with Crippen LogP contribution in [0.4, 0.5) is 4.39 Å². The van der Waals surface area contributed by atoms with Gasteiger partial charge in [0.25, 0.3) is 0 Å².